The third kappa shape index (κ3) is 3.16. The van der Waals surface area contributed by atoms with Crippen LogP contribution in [-0.2, 0) is 11.3 Å². The molecular weight excluding hydrogens is 262 g/mol. The standard InChI is InChI=1S/C14H17NO5/c1-19-8-9(16)6-15-7-11-10-4-2-3-5-12(10)20-13(11)14(17)18/h2-5,9,15-16H,6-8H2,1H3,(H,17,18). The molecule has 1 unspecified atom stereocenters. The lowest BCUT2D eigenvalue weighted by atomic mass is 10.1. The van der Waals surface area contributed by atoms with E-state index in [9.17, 15) is 9.90 Å². The molecule has 3 N–H and O–H groups in total. The number of hydrogen-bond donors (Lipinski definition) is 3. The van der Waals surface area contributed by atoms with Crippen molar-refractivity contribution in [1.29, 1.82) is 0 Å². The highest BCUT2D eigenvalue weighted by Crippen LogP contribution is 2.25. The molecule has 1 aromatic carbocycles. The SMILES string of the molecule is COCC(O)CNCc1c(C(=O)O)oc2ccccc12. The molecule has 0 fully saturated rings. The topological polar surface area (TPSA) is 91.9 Å². The fourth-order valence-electron chi connectivity index (χ4n) is 2.06. The van der Waals surface area contributed by atoms with Gasteiger partial charge in [0, 0.05) is 31.1 Å². The van der Waals surface area contributed by atoms with Gasteiger partial charge in [0.05, 0.1) is 12.7 Å². The number of furan rings is 1. The molecule has 0 aliphatic heterocycles. The number of carboxylic acid groups (broad SMARTS) is 1. The molecule has 0 bridgehead atoms. The van der Waals surface area contributed by atoms with Gasteiger partial charge in [-0.15, -0.1) is 0 Å². The minimum atomic E-state index is -1.10. The highest BCUT2D eigenvalue weighted by Gasteiger charge is 2.19. The van der Waals surface area contributed by atoms with Crippen molar-refractivity contribution in [1.82, 2.24) is 5.32 Å². The van der Waals surface area contributed by atoms with Crippen molar-refractivity contribution in [3.8, 4) is 0 Å². The molecular formula is C14H17NO5. The van der Waals surface area contributed by atoms with E-state index in [0.29, 0.717) is 24.2 Å². The normalized spacial score (nSPS) is 12.7. The van der Waals surface area contributed by atoms with Crippen LogP contribution in [-0.4, -0.2) is 42.5 Å². The van der Waals surface area contributed by atoms with Crippen molar-refractivity contribution in [2.24, 2.45) is 0 Å². The number of aliphatic hydroxyl groups is 1. The molecule has 0 saturated carbocycles. The van der Waals surface area contributed by atoms with Crippen molar-refractivity contribution in [2.75, 3.05) is 20.3 Å². The second kappa shape index (κ2) is 6.51. The number of fused-ring (bicyclic) bond motifs is 1. The van der Waals surface area contributed by atoms with Gasteiger partial charge in [-0.1, -0.05) is 18.2 Å². The summed E-state index contributed by atoms with van der Waals surface area (Å²) in [6.07, 6.45) is -0.633. The molecule has 0 amide bonds. The Morgan fingerprint density at radius 2 is 2.20 bits per heavy atom. The molecule has 0 aliphatic carbocycles. The summed E-state index contributed by atoms with van der Waals surface area (Å²) in [6, 6.07) is 7.16. The van der Waals surface area contributed by atoms with E-state index in [0.717, 1.165) is 5.39 Å². The van der Waals surface area contributed by atoms with Crippen LogP contribution in [0.1, 0.15) is 16.1 Å². The number of carbonyl (C=O) groups is 1. The number of nitrogens with one attached hydrogen (secondary N) is 1. The van der Waals surface area contributed by atoms with Crippen LogP contribution in [0.15, 0.2) is 28.7 Å². The lowest BCUT2D eigenvalue weighted by Gasteiger charge is -2.10. The average molecular weight is 279 g/mol. The number of benzene rings is 1. The van der Waals surface area contributed by atoms with Crippen molar-refractivity contribution < 1.29 is 24.2 Å². The van der Waals surface area contributed by atoms with Crippen LogP contribution in [0.25, 0.3) is 11.0 Å². The maximum absolute atomic E-state index is 11.2. The zero-order chi connectivity index (χ0) is 14.5. The summed E-state index contributed by atoms with van der Waals surface area (Å²) < 4.78 is 10.2. The molecule has 108 valence electrons. The van der Waals surface area contributed by atoms with Crippen LogP contribution in [0.2, 0.25) is 0 Å². The molecule has 2 rings (SSSR count). The molecule has 0 radical (unpaired) electrons. The van der Waals surface area contributed by atoms with Gasteiger partial charge in [0.25, 0.3) is 0 Å². The zero-order valence-electron chi connectivity index (χ0n) is 11.1. The van der Waals surface area contributed by atoms with Gasteiger partial charge in [0.15, 0.2) is 0 Å². The maximum atomic E-state index is 11.2. The number of methoxy groups -OCH3 is 1. The fraction of sp³-hybridized carbons (Fsp3) is 0.357. The van der Waals surface area contributed by atoms with Crippen LogP contribution >= 0.6 is 0 Å². The van der Waals surface area contributed by atoms with Crippen LogP contribution < -0.4 is 5.32 Å². The number of aliphatic hydroxyl groups excluding tert-OH is 1. The highest BCUT2D eigenvalue weighted by atomic mass is 16.5. The molecule has 0 aliphatic rings. The van der Waals surface area contributed by atoms with Gasteiger partial charge in [-0.2, -0.15) is 0 Å². The van der Waals surface area contributed by atoms with Gasteiger partial charge >= 0.3 is 5.97 Å². The van der Waals surface area contributed by atoms with Gasteiger partial charge in [-0.25, -0.2) is 4.79 Å². The van der Waals surface area contributed by atoms with E-state index in [1.807, 2.05) is 12.1 Å². The van der Waals surface area contributed by atoms with E-state index in [-0.39, 0.29) is 12.4 Å². The van der Waals surface area contributed by atoms with E-state index in [2.05, 4.69) is 5.32 Å². The molecule has 6 heteroatoms. The number of para-hydroxylation sites is 1. The van der Waals surface area contributed by atoms with Crippen LogP contribution in [0.3, 0.4) is 0 Å². The Bertz CT molecular complexity index is 592. The lowest BCUT2D eigenvalue weighted by molar-refractivity contribution is 0.0640. The quantitative estimate of drug-likeness (QED) is 0.706. The number of rotatable bonds is 7. The Balaban J connectivity index is 2.15. The van der Waals surface area contributed by atoms with Crippen molar-refractivity contribution in [3.63, 3.8) is 0 Å². The summed E-state index contributed by atoms with van der Waals surface area (Å²) in [7, 11) is 1.51. The van der Waals surface area contributed by atoms with Gasteiger partial charge in [0.1, 0.15) is 5.58 Å². The Morgan fingerprint density at radius 3 is 2.90 bits per heavy atom. The number of carboxylic acids is 1. The summed E-state index contributed by atoms with van der Waals surface area (Å²) in [5.74, 6) is -1.17. The molecule has 1 atom stereocenters. The first-order chi connectivity index (χ1) is 9.63. The van der Waals surface area contributed by atoms with E-state index >= 15 is 0 Å². The second-order valence-electron chi connectivity index (χ2n) is 4.45. The molecule has 1 heterocycles. The molecule has 20 heavy (non-hydrogen) atoms. The van der Waals surface area contributed by atoms with Gasteiger partial charge in [-0.05, 0) is 6.07 Å². The summed E-state index contributed by atoms with van der Waals surface area (Å²) >= 11 is 0. The van der Waals surface area contributed by atoms with Gasteiger partial charge in [0.2, 0.25) is 5.76 Å². The van der Waals surface area contributed by atoms with E-state index < -0.39 is 12.1 Å². The predicted molar refractivity (Wildman–Crippen MR) is 72.8 cm³/mol. The van der Waals surface area contributed by atoms with E-state index in [4.69, 9.17) is 14.3 Å². The minimum Gasteiger partial charge on any atom is -0.475 e. The second-order valence-corrected chi connectivity index (χ2v) is 4.45. The summed E-state index contributed by atoms with van der Waals surface area (Å²) in [4.78, 5) is 11.2. The summed E-state index contributed by atoms with van der Waals surface area (Å²) in [5, 5.41) is 22.5. The Hall–Kier alpha value is -1.89. The third-order valence-corrected chi connectivity index (χ3v) is 2.93. The molecule has 0 spiro atoms. The first-order valence-corrected chi connectivity index (χ1v) is 6.25. The van der Waals surface area contributed by atoms with Gasteiger partial charge in [-0.3, -0.25) is 0 Å². The predicted octanol–water partition coefficient (Wildman–Crippen LogP) is 1.23. The first-order valence-electron chi connectivity index (χ1n) is 6.25. The Kier molecular flexibility index (Phi) is 4.73. The van der Waals surface area contributed by atoms with Crippen molar-refractivity contribution in [2.45, 2.75) is 12.6 Å². The first kappa shape index (κ1) is 14.5. The lowest BCUT2D eigenvalue weighted by Crippen LogP contribution is -2.30. The smallest absolute Gasteiger partial charge is 0.372 e. The largest absolute Gasteiger partial charge is 0.475 e. The number of hydrogen-bond acceptors (Lipinski definition) is 5. The van der Waals surface area contributed by atoms with Crippen LogP contribution in [0, 0.1) is 0 Å². The van der Waals surface area contributed by atoms with Crippen LogP contribution in [0.5, 0.6) is 0 Å². The Morgan fingerprint density at radius 1 is 1.45 bits per heavy atom. The average Bonchev–Trinajstić information content (AvgIpc) is 2.78. The highest BCUT2D eigenvalue weighted by molar-refractivity contribution is 5.95. The van der Waals surface area contributed by atoms with E-state index in [1.54, 1.807) is 12.1 Å². The summed E-state index contributed by atoms with van der Waals surface area (Å²) in [5.41, 5.74) is 1.12. The number of aromatic carboxylic acids is 1. The number of ether oxygens (including phenoxy) is 1. The minimum absolute atomic E-state index is 0.0695. The summed E-state index contributed by atoms with van der Waals surface area (Å²) in [6.45, 7) is 0.844. The molecule has 2 aromatic rings. The van der Waals surface area contributed by atoms with E-state index in [1.165, 1.54) is 7.11 Å². The Labute approximate surface area is 116 Å². The van der Waals surface area contributed by atoms with Crippen molar-refractivity contribution in [3.05, 3.63) is 35.6 Å². The zero-order valence-corrected chi connectivity index (χ0v) is 11.1. The molecule has 6 nitrogen and oxygen atoms in total. The van der Waals surface area contributed by atoms with Crippen molar-refractivity contribution >= 4 is 16.9 Å². The third-order valence-electron chi connectivity index (χ3n) is 2.93. The maximum Gasteiger partial charge on any atom is 0.372 e. The van der Waals surface area contributed by atoms with Gasteiger partial charge < -0.3 is 24.7 Å². The fourth-order valence-corrected chi connectivity index (χ4v) is 2.06. The monoisotopic (exact) mass is 279 g/mol. The van der Waals surface area contributed by atoms with Crippen LogP contribution in [0.4, 0.5) is 0 Å². The molecule has 0 saturated heterocycles. The molecule has 1 aromatic heterocycles.